The number of hydrogen-bond donors (Lipinski definition) is 0. The molecule has 0 aliphatic carbocycles. The highest BCUT2D eigenvalue weighted by molar-refractivity contribution is 14.1. The van der Waals surface area contributed by atoms with Crippen molar-refractivity contribution in [3.63, 3.8) is 0 Å². The number of halogens is 1. The molecule has 0 aromatic heterocycles. The zero-order valence-corrected chi connectivity index (χ0v) is 36.7. The van der Waals surface area contributed by atoms with Crippen molar-refractivity contribution in [3.8, 4) is 28.7 Å². The van der Waals surface area contributed by atoms with Crippen LogP contribution in [0.4, 0.5) is 0 Å². The molecular formula is C48H71IO5. The van der Waals surface area contributed by atoms with Crippen molar-refractivity contribution in [2.24, 2.45) is 0 Å². The first-order chi connectivity index (χ1) is 26.6. The van der Waals surface area contributed by atoms with Crippen LogP contribution in [0.2, 0.25) is 0 Å². The molecule has 0 aliphatic rings. The fraction of sp³-hybridized carbons (Fsp3) is 0.625. The summed E-state index contributed by atoms with van der Waals surface area (Å²) in [7, 11) is 0. The van der Waals surface area contributed by atoms with Crippen LogP contribution in [0.15, 0.2) is 36.4 Å². The Morgan fingerprint density at radius 1 is 0.296 bits per heavy atom. The lowest BCUT2D eigenvalue weighted by molar-refractivity contribution is 0.259. The smallest absolute Gasteiger partial charge is 0.161 e. The second-order valence-corrected chi connectivity index (χ2v) is 16.2. The van der Waals surface area contributed by atoms with E-state index in [0.717, 1.165) is 98.0 Å². The van der Waals surface area contributed by atoms with Crippen LogP contribution >= 0.6 is 22.6 Å². The average molecular weight is 855 g/mol. The molecule has 0 atom stereocenters. The van der Waals surface area contributed by atoms with E-state index in [1.165, 1.54) is 102 Å². The van der Waals surface area contributed by atoms with Crippen molar-refractivity contribution >= 4 is 54.9 Å². The summed E-state index contributed by atoms with van der Waals surface area (Å²) < 4.78 is 33.9. The van der Waals surface area contributed by atoms with Gasteiger partial charge in [0.25, 0.3) is 0 Å². The Labute approximate surface area is 341 Å². The molecule has 0 aliphatic heterocycles. The van der Waals surface area contributed by atoms with E-state index in [-0.39, 0.29) is 0 Å². The Kier molecular flexibility index (Phi) is 20.9. The molecule has 6 heteroatoms. The van der Waals surface area contributed by atoms with Crippen molar-refractivity contribution in [3.05, 3.63) is 40.0 Å². The zero-order chi connectivity index (χ0) is 38.4. The maximum atomic E-state index is 6.59. The molecule has 4 aromatic carbocycles. The van der Waals surface area contributed by atoms with Gasteiger partial charge in [-0.2, -0.15) is 0 Å². The fourth-order valence-corrected chi connectivity index (χ4v) is 7.75. The molecule has 0 spiro atoms. The minimum absolute atomic E-state index is 0.680. The summed E-state index contributed by atoms with van der Waals surface area (Å²) in [6.45, 7) is 14.7. The van der Waals surface area contributed by atoms with E-state index in [4.69, 9.17) is 23.7 Å². The first kappa shape index (κ1) is 44.1. The SMILES string of the molecule is CCCCCCOc1cc2c(cc1I)c1cc(OCCCCCC)c(OCCCCCC)cc1c1cc(OCCCCCC)c(OCCCCCC)cc21. The molecular weight excluding hydrogens is 783 g/mol. The van der Waals surface area contributed by atoms with Gasteiger partial charge in [0.2, 0.25) is 0 Å². The summed E-state index contributed by atoms with van der Waals surface area (Å²) in [4.78, 5) is 0. The van der Waals surface area contributed by atoms with Gasteiger partial charge < -0.3 is 23.7 Å². The molecule has 0 saturated carbocycles. The van der Waals surface area contributed by atoms with Crippen LogP contribution in [0.3, 0.4) is 0 Å². The summed E-state index contributed by atoms with van der Waals surface area (Å²) in [5.74, 6) is 4.26. The zero-order valence-electron chi connectivity index (χ0n) is 34.6. The van der Waals surface area contributed by atoms with Crippen LogP contribution in [0.25, 0.3) is 32.3 Å². The number of fused-ring (bicyclic) bond motifs is 6. The number of unbranched alkanes of at least 4 members (excludes halogenated alkanes) is 15. The number of ether oxygens (including phenoxy) is 5. The van der Waals surface area contributed by atoms with Crippen LogP contribution in [0.5, 0.6) is 28.7 Å². The third kappa shape index (κ3) is 13.5. The van der Waals surface area contributed by atoms with Gasteiger partial charge in [0, 0.05) is 0 Å². The summed E-state index contributed by atoms with van der Waals surface area (Å²) in [6.07, 6.45) is 23.3. The number of rotatable bonds is 30. The molecule has 0 saturated heterocycles. The van der Waals surface area contributed by atoms with Crippen molar-refractivity contribution in [1.29, 1.82) is 0 Å². The largest absolute Gasteiger partial charge is 0.492 e. The van der Waals surface area contributed by atoms with Gasteiger partial charge in [-0.15, -0.1) is 0 Å². The predicted molar refractivity (Wildman–Crippen MR) is 240 cm³/mol. The van der Waals surface area contributed by atoms with Crippen molar-refractivity contribution in [2.45, 2.75) is 163 Å². The molecule has 0 heterocycles. The van der Waals surface area contributed by atoms with Crippen LogP contribution in [0, 0.1) is 3.57 Å². The minimum atomic E-state index is 0.680. The lowest BCUT2D eigenvalue weighted by atomic mass is 9.93. The van der Waals surface area contributed by atoms with Gasteiger partial charge in [0.15, 0.2) is 23.0 Å². The van der Waals surface area contributed by atoms with Gasteiger partial charge >= 0.3 is 0 Å². The summed E-state index contributed by atoms with van der Waals surface area (Å²) in [5, 5.41) is 6.94. The molecule has 300 valence electrons. The summed E-state index contributed by atoms with van der Waals surface area (Å²) >= 11 is 2.45. The highest BCUT2D eigenvalue weighted by Crippen LogP contribution is 2.46. The third-order valence-corrected chi connectivity index (χ3v) is 11.2. The standard InChI is InChI=1S/C48H71IO5/c1-6-11-16-21-26-50-44-32-38-37(31-43(44)49)39-33-45(51-27-22-17-12-7-2)47(53-29-24-19-14-9-4)35-41(39)42-36-48(54-30-25-20-15-10-5)46(34-40(38)42)52-28-23-18-13-8-3/h31-36H,6-30H2,1-5H3. The van der Waals surface area contributed by atoms with Gasteiger partial charge in [0.05, 0.1) is 36.6 Å². The van der Waals surface area contributed by atoms with Crippen molar-refractivity contribution < 1.29 is 23.7 Å². The topological polar surface area (TPSA) is 46.2 Å². The fourth-order valence-electron chi connectivity index (χ4n) is 7.13. The van der Waals surface area contributed by atoms with Crippen LogP contribution in [-0.4, -0.2) is 33.0 Å². The second-order valence-electron chi connectivity index (χ2n) is 15.1. The lowest BCUT2D eigenvalue weighted by Crippen LogP contribution is -2.04. The van der Waals surface area contributed by atoms with Gasteiger partial charge in [0.1, 0.15) is 5.75 Å². The Morgan fingerprint density at radius 3 is 0.778 bits per heavy atom. The molecule has 0 fully saturated rings. The molecule has 0 N–H and O–H groups in total. The van der Waals surface area contributed by atoms with Gasteiger partial charge in [-0.05, 0) is 123 Å². The van der Waals surface area contributed by atoms with E-state index in [1.54, 1.807) is 0 Å². The Hall–Kier alpha value is -2.61. The molecule has 4 aromatic rings. The molecule has 0 amide bonds. The quantitative estimate of drug-likeness (QED) is 0.0297. The van der Waals surface area contributed by atoms with E-state index in [2.05, 4.69) is 93.6 Å². The molecule has 0 bridgehead atoms. The summed E-state index contributed by atoms with van der Waals surface area (Å²) in [5.41, 5.74) is 0. The van der Waals surface area contributed by atoms with E-state index in [1.807, 2.05) is 0 Å². The van der Waals surface area contributed by atoms with Crippen LogP contribution < -0.4 is 23.7 Å². The van der Waals surface area contributed by atoms with Crippen molar-refractivity contribution in [1.82, 2.24) is 0 Å². The Morgan fingerprint density at radius 2 is 0.519 bits per heavy atom. The van der Waals surface area contributed by atoms with Gasteiger partial charge in [-0.25, -0.2) is 0 Å². The first-order valence-corrected chi connectivity index (χ1v) is 23.0. The first-order valence-electron chi connectivity index (χ1n) is 21.9. The minimum Gasteiger partial charge on any atom is -0.492 e. The predicted octanol–water partition coefficient (Wildman–Crippen LogP) is 15.5. The van der Waals surface area contributed by atoms with Gasteiger partial charge in [-0.3, -0.25) is 0 Å². The Balaban J connectivity index is 1.89. The van der Waals surface area contributed by atoms with Gasteiger partial charge in [-0.1, -0.05) is 131 Å². The van der Waals surface area contributed by atoms with Crippen LogP contribution in [0.1, 0.15) is 163 Å². The maximum absolute atomic E-state index is 6.59. The lowest BCUT2D eigenvalue weighted by Gasteiger charge is -2.20. The highest BCUT2D eigenvalue weighted by atomic mass is 127. The van der Waals surface area contributed by atoms with E-state index in [0.29, 0.717) is 26.4 Å². The third-order valence-electron chi connectivity index (χ3n) is 10.4. The van der Waals surface area contributed by atoms with E-state index in [9.17, 15) is 0 Å². The molecule has 0 unspecified atom stereocenters. The monoisotopic (exact) mass is 854 g/mol. The number of benzene rings is 4. The van der Waals surface area contributed by atoms with Crippen molar-refractivity contribution in [2.75, 3.05) is 33.0 Å². The van der Waals surface area contributed by atoms with E-state index < -0.39 is 0 Å². The molecule has 0 radical (unpaired) electrons. The normalized spacial score (nSPS) is 11.5. The second kappa shape index (κ2) is 25.5. The number of hydrogen-bond acceptors (Lipinski definition) is 5. The molecule has 4 rings (SSSR count). The van der Waals surface area contributed by atoms with E-state index >= 15 is 0 Å². The summed E-state index contributed by atoms with van der Waals surface area (Å²) in [6, 6.07) is 13.5. The molecule has 5 nitrogen and oxygen atoms in total. The Bertz CT molecular complexity index is 1620. The highest BCUT2D eigenvalue weighted by Gasteiger charge is 2.20. The molecule has 54 heavy (non-hydrogen) atoms. The van der Waals surface area contributed by atoms with Crippen LogP contribution in [-0.2, 0) is 0 Å². The average Bonchev–Trinajstić information content (AvgIpc) is 3.18. The maximum Gasteiger partial charge on any atom is 0.161 e.